The van der Waals surface area contributed by atoms with Crippen molar-refractivity contribution in [2.24, 2.45) is 5.41 Å². The highest BCUT2D eigenvalue weighted by Gasteiger charge is 2.36. The second-order valence-corrected chi connectivity index (χ2v) is 5.01. The quantitative estimate of drug-likeness (QED) is 0.898. The van der Waals surface area contributed by atoms with Gasteiger partial charge >= 0.3 is 6.36 Å². The van der Waals surface area contributed by atoms with Crippen LogP contribution in [0.2, 0.25) is 0 Å². The van der Waals surface area contributed by atoms with Crippen molar-refractivity contribution >= 4 is 11.6 Å². The lowest BCUT2D eigenvalue weighted by molar-refractivity contribution is -0.274. The van der Waals surface area contributed by atoms with Crippen LogP contribution in [0.3, 0.4) is 0 Å². The third-order valence-electron chi connectivity index (χ3n) is 3.26. The van der Waals surface area contributed by atoms with Crippen LogP contribution >= 0.6 is 0 Å². The van der Waals surface area contributed by atoms with Crippen LogP contribution in [-0.4, -0.2) is 25.4 Å². The molecular formula is C13H15F3N2O2. The summed E-state index contributed by atoms with van der Waals surface area (Å²) in [4.78, 5) is 12.1. The van der Waals surface area contributed by atoms with Crippen LogP contribution in [0.25, 0.3) is 0 Å². The summed E-state index contributed by atoms with van der Waals surface area (Å²) < 4.78 is 39.8. The molecule has 0 aliphatic carbocycles. The molecule has 1 amide bonds. The van der Waals surface area contributed by atoms with Crippen LogP contribution in [0.5, 0.6) is 5.75 Å². The molecule has 4 nitrogen and oxygen atoms in total. The maximum Gasteiger partial charge on any atom is 0.573 e. The number of nitrogens with one attached hydrogen (secondary N) is 2. The van der Waals surface area contributed by atoms with E-state index < -0.39 is 11.8 Å². The minimum Gasteiger partial charge on any atom is -0.406 e. The number of hydrogen-bond acceptors (Lipinski definition) is 3. The van der Waals surface area contributed by atoms with E-state index in [9.17, 15) is 18.0 Å². The maximum absolute atomic E-state index is 12.1. The van der Waals surface area contributed by atoms with Crippen molar-refractivity contribution in [3.05, 3.63) is 24.3 Å². The van der Waals surface area contributed by atoms with Crippen LogP contribution in [-0.2, 0) is 4.79 Å². The summed E-state index contributed by atoms with van der Waals surface area (Å²) in [7, 11) is 0. The van der Waals surface area contributed by atoms with Crippen molar-refractivity contribution in [1.82, 2.24) is 5.32 Å². The molecule has 1 atom stereocenters. The lowest BCUT2D eigenvalue weighted by Crippen LogP contribution is -2.35. The maximum atomic E-state index is 12.1. The minimum atomic E-state index is -4.71. The second kappa shape index (κ2) is 5.32. The van der Waals surface area contributed by atoms with Crippen molar-refractivity contribution in [2.75, 3.05) is 18.4 Å². The largest absolute Gasteiger partial charge is 0.573 e. The predicted octanol–water partition coefficient (Wildman–Crippen LogP) is 2.52. The smallest absolute Gasteiger partial charge is 0.406 e. The lowest BCUT2D eigenvalue weighted by atomic mass is 9.89. The van der Waals surface area contributed by atoms with E-state index in [0.717, 1.165) is 13.0 Å². The molecule has 20 heavy (non-hydrogen) atoms. The third-order valence-corrected chi connectivity index (χ3v) is 3.26. The van der Waals surface area contributed by atoms with Crippen LogP contribution in [0, 0.1) is 5.41 Å². The molecule has 0 spiro atoms. The molecular weight excluding hydrogens is 273 g/mol. The summed E-state index contributed by atoms with van der Waals surface area (Å²) in [6.07, 6.45) is -3.98. The molecule has 1 unspecified atom stereocenters. The summed E-state index contributed by atoms with van der Waals surface area (Å²) in [5.74, 6) is -0.462. The van der Waals surface area contributed by atoms with Crippen LogP contribution < -0.4 is 15.4 Å². The van der Waals surface area contributed by atoms with Gasteiger partial charge in [0.1, 0.15) is 5.75 Å². The molecule has 1 aromatic rings. The molecule has 1 aliphatic rings. The topological polar surface area (TPSA) is 50.4 Å². The molecule has 0 saturated carbocycles. The van der Waals surface area contributed by atoms with Gasteiger partial charge in [0.15, 0.2) is 0 Å². The van der Waals surface area contributed by atoms with E-state index in [1.54, 1.807) is 0 Å². The van der Waals surface area contributed by atoms with Crippen LogP contribution in [0.1, 0.15) is 13.3 Å². The zero-order chi connectivity index (χ0) is 14.8. The Morgan fingerprint density at radius 1 is 1.35 bits per heavy atom. The van der Waals surface area contributed by atoms with Gasteiger partial charge < -0.3 is 15.4 Å². The first-order chi connectivity index (χ1) is 9.28. The molecule has 0 aromatic heterocycles. The highest BCUT2D eigenvalue weighted by molar-refractivity contribution is 5.95. The van der Waals surface area contributed by atoms with Crippen molar-refractivity contribution in [2.45, 2.75) is 19.7 Å². The van der Waals surface area contributed by atoms with Crippen molar-refractivity contribution < 1.29 is 22.7 Å². The number of ether oxygens (including phenoxy) is 1. The molecule has 7 heteroatoms. The first-order valence-corrected chi connectivity index (χ1v) is 6.16. The Morgan fingerprint density at radius 2 is 2.00 bits per heavy atom. The zero-order valence-corrected chi connectivity index (χ0v) is 10.9. The van der Waals surface area contributed by atoms with Gasteiger partial charge in [-0.05, 0) is 44.2 Å². The Balaban J connectivity index is 1.98. The van der Waals surface area contributed by atoms with Crippen molar-refractivity contribution in [3.63, 3.8) is 0 Å². The number of carbonyl (C=O) groups is 1. The van der Waals surface area contributed by atoms with Gasteiger partial charge in [0.25, 0.3) is 0 Å². The van der Waals surface area contributed by atoms with Gasteiger partial charge in [0.2, 0.25) is 5.91 Å². The molecule has 110 valence electrons. The van der Waals surface area contributed by atoms with E-state index >= 15 is 0 Å². The molecule has 1 heterocycles. The Hall–Kier alpha value is -1.76. The molecule has 1 saturated heterocycles. The summed E-state index contributed by atoms with van der Waals surface area (Å²) in [6, 6.07) is 5.09. The first-order valence-electron chi connectivity index (χ1n) is 6.16. The average Bonchev–Trinajstić information content (AvgIpc) is 2.78. The number of amides is 1. The highest BCUT2D eigenvalue weighted by Crippen LogP contribution is 2.28. The second-order valence-electron chi connectivity index (χ2n) is 5.01. The SMILES string of the molecule is CC1(C(=O)Nc2ccc(OC(F)(F)F)cc2)CCNC1. The fourth-order valence-electron chi connectivity index (χ4n) is 2.03. The molecule has 0 radical (unpaired) electrons. The van der Waals surface area contributed by atoms with Crippen molar-refractivity contribution in [1.29, 1.82) is 0 Å². The average molecular weight is 288 g/mol. The molecule has 1 fully saturated rings. The first kappa shape index (κ1) is 14.6. The number of hydrogen-bond donors (Lipinski definition) is 2. The number of alkyl halides is 3. The monoisotopic (exact) mass is 288 g/mol. The summed E-state index contributed by atoms with van der Waals surface area (Å²) in [6.45, 7) is 3.22. The summed E-state index contributed by atoms with van der Waals surface area (Å²) in [5, 5.41) is 5.81. The van der Waals surface area contributed by atoms with Gasteiger partial charge in [-0.2, -0.15) is 0 Å². The van der Waals surface area contributed by atoms with E-state index in [1.165, 1.54) is 24.3 Å². The van der Waals surface area contributed by atoms with Gasteiger partial charge in [-0.25, -0.2) is 0 Å². The van der Waals surface area contributed by atoms with Gasteiger partial charge in [-0.1, -0.05) is 0 Å². The molecule has 2 N–H and O–H groups in total. The van der Waals surface area contributed by atoms with E-state index in [2.05, 4.69) is 15.4 Å². The summed E-state index contributed by atoms with van der Waals surface area (Å²) >= 11 is 0. The van der Waals surface area contributed by atoms with Gasteiger partial charge in [-0.15, -0.1) is 13.2 Å². The summed E-state index contributed by atoms with van der Waals surface area (Å²) in [5.41, 5.74) is -0.0427. The Morgan fingerprint density at radius 3 is 2.50 bits per heavy atom. The Labute approximate surface area is 114 Å². The third kappa shape index (κ3) is 3.63. The van der Waals surface area contributed by atoms with Crippen LogP contribution in [0.15, 0.2) is 24.3 Å². The number of rotatable bonds is 3. The van der Waals surface area contributed by atoms with Gasteiger partial charge in [0, 0.05) is 12.2 Å². The lowest BCUT2D eigenvalue weighted by Gasteiger charge is -2.21. The zero-order valence-electron chi connectivity index (χ0n) is 10.9. The van der Waals surface area contributed by atoms with Crippen LogP contribution in [0.4, 0.5) is 18.9 Å². The predicted molar refractivity (Wildman–Crippen MR) is 67.3 cm³/mol. The Kier molecular flexibility index (Phi) is 3.89. The Bertz CT molecular complexity index is 479. The van der Waals surface area contributed by atoms with E-state index in [4.69, 9.17) is 0 Å². The van der Waals surface area contributed by atoms with E-state index in [-0.39, 0.29) is 11.7 Å². The number of carbonyl (C=O) groups excluding carboxylic acids is 1. The number of anilines is 1. The molecule has 1 aromatic carbocycles. The fourth-order valence-corrected chi connectivity index (χ4v) is 2.03. The van der Waals surface area contributed by atoms with Gasteiger partial charge in [-0.3, -0.25) is 4.79 Å². The number of benzene rings is 1. The fraction of sp³-hybridized carbons (Fsp3) is 0.462. The van der Waals surface area contributed by atoms with Crippen molar-refractivity contribution in [3.8, 4) is 5.75 Å². The number of halogens is 3. The van der Waals surface area contributed by atoms with Gasteiger partial charge in [0.05, 0.1) is 5.41 Å². The highest BCUT2D eigenvalue weighted by atomic mass is 19.4. The molecule has 1 aliphatic heterocycles. The minimum absolute atomic E-state index is 0.146. The normalized spacial score (nSPS) is 22.6. The molecule has 2 rings (SSSR count). The molecule has 0 bridgehead atoms. The van der Waals surface area contributed by atoms with E-state index in [0.29, 0.717) is 12.2 Å². The van der Waals surface area contributed by atoms with E-state index in [1.807, 2.05) is 6.92 Å². The standard InChI is InChI=1S/C13H15F3N2O2/c1-12(6-7-17-8-12)11(19)18-9-2-4-10(5-3-9)20-13(14,15)16/h2-5,17H,6-8H2,1H3,(H,18,19).